The highest BCUT2D eigenvalue weighted by Gasteiger charge is 2.32. The Morgan fingerprint density at radius 3 is 2.73 bits per heavy atom. The van der Waals surface area contributed by atoms with E-state index in [1.165, 1.54) is 0 Å². The third-order valence-corrected chi connectivity index (χ3v) is 3.94. The minimum Gasteiger partial charge on any atom is -0.496 e. The van der Waals surface area contributed by atoms with Crippen LogP contribution in [0, 0.1) is 5.92 Å². The standard InChI is InChI=1S/C16H21NO5/c1-21-14-9-5-2-6-11(14)10-22-16(20)17-13-8-4-3-7-12(13)15(18)19/h2,5-6,9,12-13H,3-4,7-8,10H2,1H3,(H,17,20)(H,18,19)/t12-,13-/m1/s1. The van der Waals surface area contributed by atoms with Crippen LogP contribution >= 0.6 is 0 Å². The lowest BCUT2D eigenvalue weighted by atomic mass is 9.85. The van der Waals surface area contributed by atoms with Gasteiger partial charge in [-0.2, -0.15) is 0 Å². The van der Waals surface area contributed by atoms with Crippen LogP contribution in [0.1, 0.15) is 31.2 Å². The highest BCUT2D eigenvalue weighted by atomic mass is 16.5. The second-order valence-corrected chi connectivity index (χ2v) is 5.37. The lowest BCUT2D eigenvalue weighted by molar-refractivity contribution is -0.143. The van der Waals surface area contributed by atoms with E-state index in [4.69, 9.17) is 9.47 Å². The van der Waals surface area contributed by atoms with Crippen LogP contribution in [0.5, 0.6) is 5.75 Å². The lowest BCUT2D eigenvalue weighted by Crippen LogP contribution is -2.45. The molecule has 0 spiro atoms. The van der Waals surface area contributed by atoms with Crippen molar-refractivity contribution < 1.29 is 24.2 Å². The number of benzene rings is 1. The van der Waals surface area contributed by atoms with Crippen molar-refractivity contribution in [2.75, 3.05) is 7.11 Å². The Balaban J connectivity index is 1.88. The number of hydrogen-bond acceptors (Lipinski definition) is 4. The number of aliphatic carboxylic acids is 1. The van der Waals surface area contributed by atoms with Crippen LogP contribution in [0.4, 0.5) is 4.79 Å². The van der Waals surface area contributed by atoms with E-state index in [1.54, 1.807) is 13.2 Å². The Morgan fingerprint density at radius 1 is 1.27 bits per heavy atom. The Morgan fingerprint density at radius 2 is 2.00 bits per heavy atom. The summed E-state index contributed by atoms with van der Waals surface area (Å²) in [6, 6.07) is 6.91. The minimum atomic E-state index is -0.866. The van der Waals surface area contributed by atoms with E-state index >= 15 is 0 Å². The van der Waals surface area contributed by atoms with Crippen molar-refractivity contribution in [1.29, 1.82) is 0 Å². The number of carboxylic acid groups (broad SMARTS) is 1. The molecule has 120 valence electrons. The highest BCUT2D eigenvalue weighted by Crippen LogP contribution is 2.25. The number of ether oxygens (including phenoxy) is 2. The number of carbonyl (C=O) groups excluding carboxylic acids is 1. The fraction of sp³-hybridized carbons (Fsp3) is 0.500. The first-order valence-corrected chi connectivity index (χ1v) is 7.40. The summed E-state index contributed by atoms with van der Waals surface area (Å²) in [7, 11) is 1.55. The van der Waals surface area contributed by atoms with Crippen molar-refractivity contribution in [1.82, 2.24) is 5.32 Å². The maximum Gasteiger partial charge on any atom is 0.407 e. The molecular formula is C16H21NO5. The highest BCUT2D eigenvalue weighted by molar-refractivity contribution is 5.73. The molecule has 1 aliphatic rings. The summed E-state index contributed by atoms with van der Waals surface area (Å²) < 4.78 is 10.4. The summed E-state index contributed by atoms with van der Waals surface area (Å²) in [6.07, 6.45) is 2.46. The number of carbonyl (C=O) groups is 2. The number of para-hydroxylation sites is 1. The molecule has 0 saturated heterocycles. The minimum absolute atomic E-state index is 0.0836. The van der Waals surface area contributed by atoms with E-state index in [9.17, 15) is 14.7 Å². The first-order valence-electron chi connectivity index (χ1n) is 7.40. The van der Waals surface area contributed by atoms with Crippen molar-refractivity contribution in [3.63, 3.8) is 0 Å². The van der Waals surface area contributed by atoms with Gasteiger partial charge in [-0.05, 0) is 18.9 Å². The van der Waals surface area contributed by atoms with Gasteiger partial charge in [0.2, 0.25) is 0 Å². The van der Waals surface area contributed by atoms with Crippen LogP contribution < -0.4 is 10.1 Å². The van der Waals surface area contributed by atoms with Gasteiger partial charge in [0, 0.05) is 11.6 Å². The first kappa shape index (κ1) is 16.1. The zero-order valence-electron chi connectivity index (χ0n) is 12.6. The molecular weight excluding hydrogens is 286 g/mol. The second-order valence-electron chi connectivity index (χ2n) is 5.37. The van der Waals surface area contributed by atoms with Gasteiger partial charge >= 0.3 is 12.1 Å². The van der Waals surface area contributed by atoms with E-state index in [1.807, 2.05) is 18.2 Å². The number of methoxy groups -OCH3 is 1. The van der Waals surface area contributed by atoms with Crippen LogP contribution in [0.2, 0.25) is 0 Å². The monoisotopic (exact) mass is 307 g/mol. The van der Waals surface area contributed by atoms with Crippen molar-refractivity contribution in [2.45, 2.75) is 38.3 Å². The maximum atomic E-state index is 11.9. The van der Waals surface area contributed by atoms with E-state index in [2.05, 4.69) is 5.32 Å². The van der Waals surface area contributed by atoms with Gasteiger partial charge in [0.25, 0.3) is 0 Å². The zero-order valence-corrected chi connectivity index (χ0v) is 12.6. The van der Waals surface area contributed by atoms with Gasteiger partial charge in [-0.1, -0.05) is 31.0 Å². The summed E-state index contributed by atoms with van der Waals surface area (Å²) >= 11 is 0. The SMILES string of the molecule is COc1ccccc1COC(=O)N[C@@H]1CCCC[C@H]1C(=O)O. The van der Waals surface area contributed by atoms with Crippen molar-refractivity contribution >= 4 is 12.1 Å². The van der Waals surface area contributed by atoms with Crippen molar-refractivity contribution in [3.8, 4) is 5.75 Å². The Kier molecular flexibility index (Phi) is 5.63. The van der Waals surface area contributed by atoms with Crippen molar-refractivity contribution in [3.05, 3.63) is 29.8 Å². The Bertz CT molecular complexity index is 531. The summed E-state index contributed by atoms with van der Waals surface area (Å²) in [4.78, 5) is 23.1. The molecule has 22 heavy (non-hydrogen) atoms. The number of alkyl carbamates (subject to hydrolysis) is 1. The Hall–Kier alpha value is -2.24. The van der Waals surface area contributed by atoms with Crippen LogP contribution in [0.25, 0.3) is 0 Å². The molecule has 1 saturated carbocycles. The smallest absolute Gasteiger partial charge is 0.407 e. The average Bonchev–Trinajstić information content (AvgIpc) is 2.53. The van der Waals surface area contributed by atoms with Crippen LogP contribution in [-0.2, 0) is 16.1 Å². The molecule has 1 amide bonds. The molecule has 6 heteroatoms. The largest absolute Gasteiger partial charge is 0.496 e. The third kappa shape index (κ3) is 4.13. The van der Waals surface area contributed by atoms with E-state index in [0.717, 1.165) is 18.4 Å². The molecule has 1 aromatic rings. The molecule has 1 aliphatic carbocycles. The maximum absolute atomic E-state index is 11.9. The third-order valence-electron chi connectivity index (χ3n) is 3.94. The molecule has 6 nitrogen and oxygen atoms in total. The Labute approximate surface area is 129 Å². The second kappa shape index (κ2) is 7.68. The normalized spacial score (nSPS) is 21.0. The number of nitrogens with one attached hydrogen (secondary N) is 1. The summed E-state index contributed by atoms with van der Waals surface area (Å²) in [5.74, 6) is -0.751. The molecule has 2 rings (SSSR count). The fourth-order valence-corrected chi connectivity index (χ4v) is 2.76. The number of amides is 1. The fourth-order valence-electron chi connectivity index (χ4n) is 2.76. The molecule has 0 heterocycles. The van der Waals surface area contributed by atoms with E-state index < -0.39 is 18.0 Å². The molecule has 0 aromatic heterocycles. The molecule has 0 bridgehead atoms. The topological polar surface area (TPSA) is 84.9 Å². The van der Waals surface area contributed by atoms with Crippen molar-refractivity contribution in [2.24, 2.45) is 5.92 Å². The van der Waals surface area contributed by atoms with Gasteiger partial charge in [0.15, 0.2) is 0 Å². The molecule has 2 atom stereocenters. The lowest BCUT2D eigenvalue weighted by Gasteiger charge is -2.28. The molecule has 1 aromatic carbocycles. The van der Waals surface area contributed by atoms with Gasteiger partial charge in [0.1, 0.15) is 12.4 Å². The molecule has 0 radical (unpaired) electrons. The van der Waals surface area contributed by atoms with Crippen LogP contribution in [0.3, 0.4) is 0 Å². The van der Waals surface area contributed by atoms with Crippen LogP contribution in [0.15, 0.2) is 24.3 Å². The zero-order chi connectivity index (χ0) is 15.9. The van der Waals surface area contributed by atoms with E-state index in [-0.39, 0.29) is 12.6 Å². The average molecular weight is 307 g/mol. The quantitative estimate of drug-likeness (QED) is 0.873. The summed E-state index contributed by atoms with van der Waals surface area (Å²) in [6.45, 7) is 0.0836. The molecule has 0 aliphatic heterocycles. The predicted octanol–water partition coefficient (Wildman–Crippen LogP) is 2.56. The van der Waals surface area contributed by atoms with Crippen LogP contribution in [-0.4, -0.2) is 30.3 Å². The number of hydrogen-bond donors (Lipinski definition) is 2. The van der Waals surface area contributed by atoms with Gasteiger partial charge < -0.3 is 19.9 Å². The van der Waals surface area contributed by atoms with Gasteiger partial charge in [-0.25, -0.2) is 4.79 Å². The molecule has 1 fully saturated rings. The van der Waals surface area contributed by atoms with Gasteiger partial charge in [0.05, 0.1) is 13.0 Å². The molecule has 0 unspecified atom stereocenters. The van der Waals surface area contributed by atoms with E-state index in [0.29, 0.717) is 18.6 Å². The summed E-state index contributed by atoms with van der Waals surface area (Å²) in [5.41, 5.74) is 0.763. The van der Waals surface area contributed by atoms with Gasteiger partial charge in [-0.15, -0.1) is 0 Å². The summed E-state index contributed by atoms with van der Waals surface area (Å²) in [5, 5.41) is 11.9. The first-order chi connectivity index (χ1) is 10.6. The number of rotatable bonds is 5. The predicted molar refractivity (Wildman–Crippen MR) is 79.7 cm³/mol. The molecule has 2 N–H and O–H groups in total. The van der Waals surface area contributed by atoms with Gasteiger partial charge in [-0.3, -0.25) is 4.79 Å². The number of carboxylic acids is 1.